The highest BCUT2D eigenvalue weighted by Gasteiger charge is 2.30. The number of carbonyl (C=O) groups is 2. The van der Waals surface area contributed by atoms with Crippen molar-refractivity contribution >= 4 is 31.1 Å². The van der Waals surface area contributed by atoms with Gasteiger partial charge in [-0.05, 0) is 102 Å². The first-order valence-corrected chi connectivity index (χ1v) is 21.4. The van der Waals surface area contributed by atoms with Crippen molar-refractivity contribution in [3.63, 3.8) is 0 Å². The maximum Gasteiger partial charge on any atom is 0.407 e. The summed E-state index contributed by atoms with van der Waals surface area (Å²) in [6.45, 7) is 18.3. The lowest BCUT2D eigenvalue weighted by Crippen LogP contribution is -2.45. The van der Waals surface area contributed by atoms with Crippen LogP contribution in [-0.4, -0.2) is 65.5 Å². The van der Waals surface area contributed by atoms with Crippen molar-refractivity contribution in [3.05, 3.63) is 41.3 Å². The number of aryl methyl sites for hydroxylation is 1. The number of carbonyl (C=O) groups excluding carboxylic acids is 2. The number of nitrogens with one attached hydrogen (secondary N) is 2. The van der Waals surface area contributed by atoms with Gasteiger partial charge in [-0.2, -0.15) is 0 Å². The second-order valence-electron chi connectivity index (χ2n) is 15.8. The fourth-order valence-electron chi connectivity index (χ4n) is 6.17. The number of hydrogen-bond donors (Lipinski definition) is 2. The van der Waals surface area contributed by atoms with E-state index < -0.39 is 19.8 Å². The zero-order valence-corrected chi connectivity index (χ0v) is 31.2. The first kappa shape index (κ1) is 35.9. The van der Waals surface area contributed by atoms with E-state index in [1.165, 1.54) is 18.4 Å². The highest BCUT2D eigenvalue weighted by atomic mass is 28.3. The van der Waals surface area contributed by atoms with Crippen molar-refractivity contribution in [2.24, 2.45) is 5.92 Å². The van der Waals surface area contributed by atoms with Gasteiger partial charge in [-0.3, -0.25) is 4.79 Å². The molecular weight excluding hydrogens is 623 g/mol. The number of benzene rings is 1. The molecule has 0 radical (unpaired) electrons. The molecule has 2 aromatic heterocycles. The summed E-state index contributed by atoms with van der Waals surface area (Å²) in [5.41, 5.74) is 5.03. The molecule has 2 N–H and O–H groups in total. The Morgan fingerprint density at radius 2 is 1.69 bits per heavy atom. The highest BCUT2D eigenvalue weighted by Crippen LogP contribution is 2.38. The molecule has 0 spiro atoms. The molecule has 5 rings (SSSR count). The van der Waals surface area contributed by atoms with Crippen LogP contribution >= 0.6 is 0 Å². The standard InChI is InChI=1S/C37H55N5O5Si/c1-9-25-12-17-30(46-21-26-10-11-26)29(20-25)32-34-33(39-22-38-32)31(24(2)42(34)23-45-18-19-48(6,7)8)35(43)40-27-13-15-28(16-14-27)41-36(44)47-37(3,4)5/h12,17,20,22,26-28H,9-11,13-16,18-19,21,23H2,1-8H3,(H,40,43)(H,41,44). The predicted octanol–water partition coefficient (Wildman–Crippen LogP) is 7.64. The molecule has 0 saturated heterocycles. The van der Waals surface area contributed by atoms with Crippen LogP contribution in [0.1, 0.15) is 87.8 Å². The molecule has 48 heavy (non-hydrogen) atoms. The van der Waals surface area contributed by atoms with Gasteiger partial charge in [0.25, 0.3) is 5.91 Å². The van der Waals surface area contributed by atoms with Crippen LogP contribution in [0.25, 0.3) is 22.3 Å². The summed E-state index contributed by atoms with van der Waals surface area (Å²) in [7, 11) is -1.29. The number of nitrogens with zero attached hydrogens (tertiary/aromatic N) is 3. The van der Waals surface area contributed by atoms with E-state index in [1.54, 1.807) is 6.33 Å². The quantitative estimate of drug-likeness (QED) is 0.141. The van der Waals surface area contributed by atoms with Crippen molar-refractivity contribution in [3.8, 4) is 17.0 Å². The van der Waals surface area contributed by atoms with Gasteiger partial charge >= 0.3 is 6.09 Å². The van der Waals surface area contributed by atoms with E-state index in [-0.39, 0.29) is 18.0 Å². The third-order valence-electron chi connectivity index (χ3n) is 9.20. The lowest BCUT2D eigenvalue weighted by atomic mass is 9.91. The molecule has 11 heteroatoms. The van der Waals surface area contributed by atoms with Crippen LogP contribution in [0.4, 0.5) is 4.79 Å². The van der Waals surface area contributed by atoms with Gasteiger partial charge in [-0.25, -0.2) is 14.8 Å². The van der Waals surface area contributed by atoms with Gasteiger partial charge in [0.2, 0.25) is 0 Å². The van der Waals surface area contributed by atoms with E-state index in [4.69, 9.17) is 24.2 Å². The number of amides is 2. The van der Waals surface area contributed by atoms with Crippen LogP contribution in [0.15, 0.2) is 24.5 Å². The van der Waals surface area contributed by atoms with Gasteiger partial charge < -0.3 is 29.4 Å². The maximum atomic E-state index is 14.1. The summed E-state index contributed by atoms with van der Waals surface area (Å²) < 4.78 is 20.2. The van der Waals surface area contributed by atoms with E-state index in [0.717, 1.165) is 66.4 Å². The topological polar surface area (TPSA) is 117 Å². The molecule has 262 valence electrons. The second kappa shape index (κ2) is 15.0. The molecule has 10 nitrogen and oxygen atoms in total. The molecule has 0 atom stereocenters. The second-order valence-corrected chi connectivity index (χ2v) is 21.4. The Hall–Kier alpha value is -3.44. The fourth-order valence-corrected chi connectivity index (χ4v) is 6.93. The molecule has 1 aromatic carbocycles. The number of ether oxygens (including phenoxy) is 3. The molecule has 2 aliphatic carbocycles. The summed E-state index contributed by atoms with van der Waals surface area (Å²) in [5.74, 6) is 1.25. The molecule has 0 aliphatic heterocycles. The zero-order valence-electron chi connectivity index (χ0n) is 30.2. The lowest BCUT2D eigenvalue weighted by Gasteiger charge is -2.30. The van der Waals surface area contributed by atoms with Crippen LogP contribution < -0.4 is 15.4 Å². The van der Waals surface area contributed by atoms with Crippen molar-refractivity contribution in [2.45, 2.75) is 130 Å². The normalized spacial score (nSPS) is 18.5. The predicted molar refractivity (Wildman–Crippen MR) is 192 cm³/mol. The number of hydrogen-bond acceptors (Lipinski definition) is 7. The molecular formula is C37H55N5O5Si. The van der Waals surface area contributed by atoms with Crippen LogP contribution in [0.3, 0.4) is 0 Å². The van der Waals surface area contributed by atoms with Gasteiger partial charge in [0.05, 0.1) is 17.7 Å². The SMILES string of the molecule is CCc1ccc(OCC2CC2)c(-c2ncnc3c(C(=O)NC4CCC(NC(=O)OC(C)(C)C)CC4)c(C)n(COCC[Si](C)(C)C)c23)c1. The van der Waals surface area contributed by atoms with E-state index >= 15 is 0 Å². The number of fused-ring (bicyclic) bond motifs is 1. The summed E-state index contributed by atoms with van der Waals surface area (Å²) in [5, 5.41) is 6.28. The van der Waals surface area contributed by atoms with Gasteiger partial charge in [-0.15, -0.1) is 0 Å². The molecule has 2 saturated carbocycles. The Kier molecular flexibility index (Phi) is 11.2. The molecule has 0 bridgehead atoms. The minimum Gasteiger partial charge on any atom is -0.493 e. The first-order chi connectivity index (χ1) is 22.7. The molecule has 2 fully saturated rings. The molecule has 3 aromatic rings. The highest BCUT2D eigenvalue weighted by molar-refractivity contribution is 6.76. The average molecular weight is 678 g/mol. The fraction of sp³-hybridized carbons (Fsp3) is 0.622. The van der Waals surface area contributed by atoms with Gasteiger partial charge in [-0.1, -0.05) is 32.6 Å². The minimum atomic E-state index is -1.29. The molecule has 2 heterocycles. The summed E-state index contributed by atoms with van der Waals surface area (Å²) in [4.78, 5) is 36.0. The van der Waals surface area contributed by atoms with Crippen LogP contribution in [0.5, 0.6) is 5.75 Å². The molecule has 0 unspecified atom stereocenters. The summed E-state index contributed by atoms with van der Waals surface area (Å²) >= 11 is 0. The Morgan fingerprint density at radius 1 is 1.00 bits per heavy atom. The third kappa shape index (κ3) is 9.37. The molecule has 2 amide bonds. The minimum absolute atomic E-state index is 0.00930. The van der Waals surface area contributed by atoms with Gasteiger partial charge in [0.15, 0.2) is 0 Å². The Labute approximate surface area is 286 Å². The number of alkyl carbamates (subject to hydrolysis) is 1. The maximum absolute atomic E-state index is 14.1. The average Bonchev–Trinajstić information content (AvgIpc) is 3.80. The van der Waals surface area contributed by atoms with Crippen LogP contribution in [0, 0.1) is 12.8 Å². The van der Waals surface area contributed by atoms with E-state index in [9.17, 15) is 9.59 Å². The van der Waals surface area contributed by atoms with Crippen molar-refractivity contribution in [1.82, 2.24) is 25.2 Å². The van der Waals surface area contributed by atoms with E-state index in [2.05, 4.69) is 60.0 Å². The number of aromatic nitrogens is 3. The zero-order chi connectivity index (χ0) is 34.6. The van der Waals surface area contributed by atoms with Gasteiger partial charge in [0.1, 0.15) is 35.6 Å². The van der Waals surface area contributed by atoms with Crippen LogP contribution in [-0.2, 0) is 22.6 Å². The Morgan fingerprint density at radius 3 is 2.31 bits per heavy atom. The molecule has 2 aliphatic rings. The van der Waals surface area contributed by atoms with Crippen molar-refractivity contribution < 1.29 is 23.8 Å². The van der Waals surface area contributed by atoms with Crippen molar-refractivity contribution in [2.75, 3.05) is 13.2 Å². The number of rotatable bonds is 13. The van der Waals surface area contributed by atoms with Crippen molar-refractivity contribution in [1.29, 1.82) is 0 Å². The lowest BCUT2D eigenvalue weighted by molar-refractivity contribution is 0.0487. The van der Waals surface area contributed by atoms with Crippen LogP contribution in [0.2, 0.25) is 25.7 Å². The third-order valence-corrected chi connectivity index (χ3v) is 10.9. The Bertz CT molecular complexity index is 1600. The Balaban J connectivity index is 1.43. The van der Waals surface area contributed by atoms with Gasteiger partial charge in [0, 0.05) is 38.0 Å². The summed E-state index contributed by atoms with van der Waals surface area (Å²) in [6, 6.07) is 7.39. The summed E-state index contributed by atoms with van der Waals surface area (Å²) in [6.07, 6.45) is 7.50. The first-order valence-electron chi connectivity index (χ1n) is 17.7. The van der Waals surface area contributed by atoms with E-state index in [0.29, 0.717) is 36.9 Å². The smallest absolute Gasteiger partial charge is 0.407 e. The van der Waals surface area contributed by atoms with E-state index in [1.807, 2.05) is 27.7 Å². The largest absolute Gasteiger partial charge is 0.493 e. The monoisotopic (exact) mass is 677 g/mol.